The van der Waals surface area contributed by atoms with Gasteiger partial charge in [0.1, 0.15) is 5.75 Å². The zero-order chi connectivity index (χ0) is 20.4. The van der Waals surface area contributed by atoms with Gasteiger partial charge in [-0.05, 0) is 35.7 Å². The van der Waals surface area contributed by atoms with Gasteiger partial charge in [0.2, 0.25) is 0 Å². The van der Waals surface area contributed by atoms with Gasteiger partial charge in [0.25, 0.3) is 0 Å². The van der Waals surface area contributed by atoms with Crippen molar-refractivity contribution in [2.75, 3.05) is 21.0 Å². The van der Waals surface area contributed by atoms with Crippen LogP contribution in [0.3, 0.4) is 0 Å². The lowest BCUT2D eigenvalue weighted by Crippen LogP contribution is -2.24. The van der Waals surface area contributed by atoms with E-state index in [1.54, 1.807) is 7.11 Å². The number of rotatable bonds is 11. The number of hydrogen-bond donors (Lipinski definition) is 0. The van der Waals surface area contributed by atoms with Crippen LogP contribution in [0.1, 0.15) is 56.7 Å². The van der Waals surface area contributed by atoms with Crippen molar-refractivity contribution in [2.24, 2.45) is 4.99 Å². The van der Waals surface area contributed by atoms with Crippen LogP contribution < -0.4 is 10.0 Å². The maximum atomic E-state index is 6.15. The van der Waals surface area contributed by atoms with Crippen molar-refractivity contribution in [3.63, 3.8) is 0 Å². The molecule has 1 atom stereocenters. The van der Waals surface area contributed by atoms with E-state index < -0.39 is 0 Å². The van der Waals surface area contributed by atoms with Crippen molar-refractivity contribution in [1.29, 1.82) is 0 Å². The molecule has 0 aliphatic heterocycles. The number of methoxy groups -OCH3 is 1. The molecule has 2 rings (SSSR count). The Kier molecular flexibility index (Phi) is 9.15. The van der Waals surface area contributed by atoms with Crippen LogP contribution in [0.2, 0.25) is 0 Å². The van der Waals surface area contributed by atoms with Crippen LogP contribution >= 0.6 is 8.58 Å². The molecule has 0 saturated heterocycles. The van der Waals surface area contributed by atoms with E-state index in [9.17, 15) is 0 Å². The first-order chi connectivity index (χ1) is 13.7. The van der Waals surface area contributed by atoms with Crippen LogP contribution in [0.4, 0.5) is 0 Å². The molecule has 0 fully saturated rings. The molecular formula is C24H34NO2P. The van der Waals surface area contributed by atoms with Crippen LogP contribution in [-0.2, 0) is 16.3 Å². The fourth-order valence-corrected chi connectivity index (χ4v) is 5.38. The van der Waals surface area contributed by atoms with E-state index >= 15 is 0 Å². The van der Waals surface area contributed by atoms with Crippen molar-refractivity contribution in [1.82, 2.24) is 0 Å². The highest BCUT2D eigenvalue weighted by molar-refractivity contribution is 7.48. The summed E-state index contributed by atoms with van der Waals surface area (Å²) >= 11 is 0. The molecule has 0 aromatic heterocycles. The van der Waals surface area contributed by atoms with Gasteiger partial charge in [-0.1, -0.05) is 78.2 Å². The first-order valence-corrected chi connectivity index (χ1v) is 11.2. The smallest absolute Gasteiger partial charge is 0.188 e. The molecule has 4 heteroatoms. The summed E-state index contributed by atoms with van der Waals surface area (Å²) in [5.41, 5.74) is 3.79. The molecule has 0 heterocycles. The Morgan fingerprint density at radius 1 is 1.04 bits per heavy atom. The predicted octanol–water partition coefficient (Wildman–Crippen LogP) is 5.69. The quantitative estimate of drug-likeness (QED) is 0.276. The molecule has 0 bridgehead atoms. The first kappa shape index (κ1) is 22.6. The average Bonchev–Trinajstić information content (AvgIpc) is 2.73. The van der Waals surface area contributed by atoms with Gasteiger partial charge in [0.05, 0.1) is 0 Å². The summed E-state index contributed by atoms with van der Waals surface area (Å²) in [7, 11) is 4.15. The Morgan fingerprint density at radius 3 is 2.43 bits per heavy atom. The highest BCUT2D eigenvalue weighted by Crippen LogP contribution is 2.51. The Bertz CT molecular complexity index is 769. The van der Waals surface area contributed by atoms with Gasteiger partial charge in [0.15, 0.2) is 6.79 Å². The molecule has 0 aliphatic rings. The molecule has 0 aliphatic carbocycles. The highest BCUT2D eigenvalue weighted by Gasteiger charge is 2.33. The lowest BCUT2D eigenvalue weighted by Gasteiger charge is -2.35. The first-order valence-electron chi connectivity index (χ1n) is 10.2. The second-order valence-electron chi connectivity index (χ2n) is 6.98. The Hall–Kier alpha value is -1.70. The lowest BCUT2D eigenvalue weighted by molar-refractivity contribution is 0.0492. The van der Waals surface area contributed by atoms with Crippen LogP contribution in [-0.4, -0.2) is 27.2 Å². The molecule has 0 radical (unpaired) electrons. The number of ether oxygens (including phenoxy) is 2. The van der Waals surface area contributed by atoms with Crippen molar-refractivity contribution >= 4 is 20.1 Å². The van der Waals surface area contributed by atoms with Gasteiger partial charge < -0.3 is 9.47 Å². The normalized spacial score (nSPS) is 12.3. The maximum absolute atomic E-state index is 6.15. The number of para-hydroxylation sites is 1. The van der Waals surface area contributed by atoms with E-state index in [0.717, 1.165) is 31.4 Å². The topological polar surface area (TPSA) is 30.8 Å². The molecule has 0 spiro atoms. The van der Waals surface area contributed by atoms with Gasteiger partial charge in [-0.3, -0.25) is 4.99 Å². The molecule has 0 saturated carbocycles. The van der Waals surface area contributed by atoms with Crippen molar-refractivity contribution in [2.45, 2.75) is 51.6 Å². The zero-order valence-electron chi connectivity index (χ0n) is 17.9. The monoisotopic (exact) mass is 399 g/mol. The van der Waals surface area contributed by atoms with Crippen LogP contribution in [0, 0.1) is 0 Å². The minimum atomic E-state index is 0.0323. The average molecular weight is 400 g/mol. The van der Waals surface area contributed by atoms with Crippen molar-refractivity contribution < 1.29 is 9.47 Å². The molecule has 2 aromatic rings. The Balaban J connectivity index is 2.57. The lowest BCUT2D eigenvalue weighted by atomic mass is 9.89. The molecular weight excluding hydrogens is 365 g/mol. The molecule has 0 N–H and O–H groups in total. The molecule has 0 amide bonds. The van der Waals surface area contributed by atoms with Gasteiger partial charge in [-0.15, -0.1) is 0 Å². The van der Waals surface area contributed by atoms with Crippen LogP contribution in [0.25, 0.3) is 0 Å². The summed E-state index contributed by atoms with van der Waals surface area (Å²) in [4.78, 5) is 4.26. The van der Waals surface area contributed by atoms with Crippen LogP contribution in [0.5, 0.6) is 5.75 Å². The van der Waals surface area contributed by atoms with Gasteiger partial charge in [-0.25, -0.2) is 0 Å². The molecule has 3 nitrogen and oxygen atoms in total. The standard InChI is InChI=1S/C24H34NO2P/c1-6-12-19-14-11-15-21(23(19)27-18-26-5)24(7-2,8-3)28-22-16-10-9-13-20(22)17-25-4/h9-11,13-17,28H,6-8,12,18H2,1-5H3. The number of hydrogen-bond acceptors (Lipinski definition) is 3. The molecule has 28 heavy (non-hydrogen) atoms. The van der Waals surface area contributed by atoms with E-state index in [-0.39, 0.29) is 11.9 Å². The van der Waals surface area contributed by atoms with E-state index in [2.05, 4.69) is 68.2 Å². The number of aliphatic imine (C=N–C) groups is 1. The van der Waals surface area contributed by atoms with Crippen molar-refractivity contribution in [3.05, 3.63) is 59.2 Å². The summed E-state index contributed by atoms with van der Waals surface area (Å²) in [5.74, 6) is 1.02. The van der Waals surface area contributed by atoms with E-state index in [0.29, 0.717) is 8.58 Å². The fourth-order valence-electron chi connectivity index (χ4n) is 3.71. The van der Waals surface area contributed by atoms with E-state index in [4.69, 9.17) is 9.47 Å². The third kappa shape index (κ3) is 5.21. The zero-order valence-corrected chi connectivity index (χ0v) is 18.9. The van der Waals surface area contributed by atoms with Gasteiger partial charge in [0, 0.05) is 31.1 Å². The molecule has 2 aromatic carbocycles. The van der Waals surface area contributed by atoms with Crippen LogP contribution in [0.15, 0.2) is 47.5 Å². The van der Waals surface area contributed by atoms with Gasteiger partial charge in [-0.2, -0.15) is 0 Å². The Morgan fingerprint density at radius 2 is 1.79 bits per heavy atom. The van der Waals surface area contributed by atoms with Gasteiger partial charge >= 0.3 is 0 Å². The summed E-state index contributed by atoms with van der Waals surface area (Å²) < 4.78 is 11.4. The van der Waals surface area contributed by atoms with E-state index in [1.165, 1.54) is 22.0 Å². The minimum absolute atomic E-state index is 0.0323. The third-order valence-electron chi connectivity index (χ3n) is 5.26. The fraction of sp³-hybridized carbons (Fsp3) is 0.458. The summed E-state index contributed by atoms with van der Waals surface area (Å²) in [6.07, 6.45) is 6.18. The number of aryl methyl sites for hydroxylation is 1. The summed E-state index contributed by atoms with van der Waals surface area (Å²) in [6.45, 7) is 7.07. The third-order valence-corrected chi connectivity index (χ3v) is 7.44. The molecule has 1 unspecified atom stereocenters. The molecule has 152 valence electrons. The second-order valence-corrected chi connectivity index (χ2v) is 8.73. The number of nitrogens with zero attached hydrogens (tertiary/aromatic N) is 1. The second kappa shape index (κ2) is 11.3. The summed E-state index contributed by atoms with van der Waals surface area (Å²) in [6, 6.07) is 15.2. The highest BCUT2D eigenvalue weighted by atomic mass is 31.1. The number of benzene rings is 2. The van der Waals surface area contributed by atoms with Crippen molar-refractivity contribution in [3.8, 4) is 5.75 Å². The Labute approximate surface area is 172 Å². The maximum Gasteiger partial charge on any atom is 0.188 e. The van der Waals surface area contributed by atoms with E-state index in [1.807, 2.05) is 13.3 Å². The summed E-state index contributed by atoms with van der Waals surface area (Å²) in [5, 5.41) is 1.39. The SMILES string of the molecule is CCCc1cccc(C(CC)(CC)Pc2ccccc2C=NC)c1OCOC. The predicted molar refractivity (Wildman–Crippen MR) is 123 cm³/mol. The largest absolute Gasteiger partial charge is 0.467 e. The minimum Gasteiger partial charge on any atom is -0.467 e.